The molecule has 0 spiro atoms. The Morgan fingerprint density at radius 2 is 2.08 bits per heavy atom. The van der Waals surface area contributed by atoms with Gasteiger partial charge in [0.05, 0.1) is 0 Å². The maximum absolute atomic E-state index is 13.9. The Morgan fingerprint density at radius 3 is 2.76 bits per heavy atom. The average molecular weight is 348 g/mol. The second-order valence-electron chi connectivity index (χ2n) is 6.81. The zero-order valence-corrected chi connectivity index (χ0v) is 14.9. The Bertz CT molecular complexity index is 651. The van der Waals surface area contributed by atoms with Gasteiger partial charge in [0.1, 0.15) is 11.6 Å². The summed E-state index contributed by atoms with van der Waals surface area (Å²) in [6.07, 6.45) is 5.56. The summed E-state index contributed by atoms with van der Waals surface area (Å²) in [5.74, 6) is -0.258. The summed E-state index contributed by atoms with van der Waals surface area (Å²) < 4.78 is 27.0. The zero-order chi connectivity index (χ0) is 17.8. The first-order valence-electron chi connectivity index (χ1n) is 8.88. The lowest BCUT2D eigenvalue weighted by Gasteiger charge is -2.26. The number of likely N-dealkylation sites (tertiary alicyclic amines) is 1. The minimum absolute atomic E-state index is 0.0708. The molecule has 1 fully saturated rings. The van der Waals surface area contributed by atoms with E-state index in [0.29, 0.717) is 18.2 Å². The molecule has 2 atom stereocenters. The van der Waals surface area contributed by atoms with Gasteiger partial charge in [0.2, 0.25) is 0 Å². The number of hydrogen-bond donors (Lipinski definition) is 1. The molecular formula is C19H26F2N4. The Morgan fingerprint density at radius 1 is 1.32 bits per heavy atom. The van der Waals surface area contributed by atoms with Gasteiger partial charge in [-0.05, 0) is 18.1 Å². The Hall–Kier alpha value is -1.95. The molecule has 1 aromatic carbocycles. The molecule has 2 heterocycles. The number of nitrogens with one attached hydrogen (secondary N) is 1. The molecule has 0 bridgehead atoms. The van der Waals surface area contributed by atoms with E-state index in [1.165, 1.54) is 12.1 Å². The standard InChI is InChI=1S/C19H26F2N4/c1-14(17-6-5-15(20)11-18(17)21)12-23-19(22-2)25-10-7-16(13-25)24-8-3-4-9-24/h3-6,11,14,16H,7-10,12-13H2,1-2H3,(H,22,23). The summed E-state index contributed by atoms with van der Waals surface area (Å²) in [5.41, 5.74) is 0.520. The van der Waals surface area contributed by atoms with Gasteiger partial charge in [-0.1, -0.05) is 25.1 Å². The van der Waals surface area contributed by atoms with E-state index < -0.39 is 11.6 Å². The van der Waals surface area contributed by atoms with Crippen LogP contribution in [-0.2, 0) is 0 Å². The summed E-state index contributed by atoms with van der Waals surface area (Å²) in [6, 6.07) is 4.32. The van der Waals surface area contributed by atoms with Crippen molar-refractivity contribution in [3.05, 3.63) is 47.5 Å². The lowest BCUT2D eigenvalue weighted by Crippen LogP contribution is -2.43. The number of hydrogen-bond acceptors (Lipinski definition) is 2. The van der Waals surface area contributed by atoms with Gasteiger partial charge in [-0.2, -0.15) is 0 Å². The predicted octanol–water partition coefficient (Wildman–Crippen LogP) is 2.59. The highest BCUT2D eigenvalue weighted by Crippen LogP contribution is 2.20. The third-order valence-corrected chi connectivity index (χ3v) is 5.10. The second kappa shape index (κ2) is 7.95. The molecule has 2 aliphatic heterocycles. The van der Waals surface area contributed by atoms with Crippen molar-refractivity contribution in [2.24, 2.45) is 4.99 Å². The van der Waals surface area contributed by atoms with Crippen molar-refractivity contribution >= 4 is 5.96 Å². The van der Waals surface area contributed by atoms with Gasteiger partial charge in [0.15, 0.2) is 5.96 Å². The lowest BCUT2D eigenvalue weighted by molar-refractivity contribution is 0.259. The topological polar surface area (TPSA) is 30.9 Å². The first-order chi connectivity index (χ1) is 12.1. The second-order valence-corrected chi connectivity index (χ2v) is 6.81. The highest BCUT2D eigenvalue weighted by Gasteiger charge is 2.29. The van der Waals surface area contributed by atoms with Crippen molar-refractivity contribution in [1.82, 2.24) is 15.1 Å². The van der Waals surface area contributed by atoms with E-state index in [1.807, 2.05) is 6.92 Å². The molecule has 2 unspecified atom stereocenters. The maximum atomic E-state index is 13.9. The van der Waals surface area contributed by atoms with Crippen LogP contribution in [0, 0.1) is 11.6 Å². The molecule has 1 N–H and O–H groups in total. The number of rotatable bonds is 4. The van der Waals surface area contributed by atoms with Gasteiger partial charge in [-0.25, -0.2) is 8.78 Å². The van der Waals surface area contributed by atoms with Crippen LogP contribution in [0.2, 0.25) is 0 Å². The van der Waals surface area contributed by atoms with Crippen molar-refractivity contribution in [2.75, 3.05) is 39.8 Å². The number of aliphatic imine (C=N–C) groups is 1. The number of guanidine groups is 1. The number of halogens is 2. The van der Waals surface area contributed by atoms with Crippen molar-refractivity contribution in [2.45, 2.75) is 25.3 Å². The molecule has 4 nitrogen and oxygen atoms in total. The molecule has 0 aromatic heterocycles. The van der Waals surface area contributed by atoms with Crippen LogP contribution in [0.25, 0.3) is 0 Å². The third-order valence-electron chi connectivity index (χ3n) is 5.10. The monoisotopic (exact) mass is 348 g/mol. The fourth-order valence-electron chi connectivity index (χ4n) is 3.61. The van der Waals surface area contributed by atoms with Crippen LogP contribution in [0.3, 0.4) is 0 Å². The Balaban J connectivity index is 1.54. The summed E-state index contributed by atoms with van der Waals surface area (Å²) in [4.78, 5) is 9.11. The van der Waals surface area contributed by atoms with Crippen LogP contribution >= 0.6 is 0 Å². The van der Waals surface area contributed by atoms with E-state index in [1.54, 1.807) is 7.05 Å². The van der Waals surface area contributed by atoms with Crippen molar-refractivity contribution in [1.29, 1.82) is 0 Å². The van der Waals surface area contributed by atoms with Crippen molar-refractivity contribution in [3.8, 4) is 0 Å². The third kappa shape index (κ3) is 4.18. The van der Waals surface area contributed by atoms with Gasteiger partial charge in [0.25, 0.3) is 0 Å². The quantitative estimate of drug-likeness (QED) is 0.515. The number of benzene rings is 1. The van der Waals surface area contributed by atoms with Gasteiger partial charge in [0, 0.05) is 57.8 Å². The smallest absolute Gasteiger partial charge is 0.193 e. The van der Waals surface area contributed by atoms with Crippen molar-refractivity contribution < 1.29 is 8.78 Å². The van der Waals surface area contributed by atoms with Gasteiger partial charge in [-0.3, -0.25) is 9.89 Å². The Labute approximate surface area is 148 Å². The maximum Gasteiger partial charge on any atom is 0.193 e. The van der Waals surface area contributed by atoms with Crippen LogP contribution in [0.4, 0.5) is 8.78 Å². The lowest BCUT2D eigenvalue weighted by atomic mass is 10.0. The molecule has 0 aliphatic carbocycles. The van der Waals surface area contributed by atoms with E-state index in [0.717, 1.165) is 44.6 Å². The zero-order valence-electron chi connectivity index (χ0n) is 14.9. The first kappa shape index (κ1) is 17.9. The van der Waals surface area contributed by atoms with E-state index in [4.69, 9.17) is 0 Å². The summed E-state index contributed by atoms with van der Waals surface area (Å²) in [6.45, 7) is 6.48. The van der Waals surface area contributed by atoms with Gasteiger partial charge >= 0.3 is 0 Å². The average Bonchev–Trinajstić information content (AvgIpc) is 3.26. The normalized spacial score (nSPS) is 22.6. The molecule has 0 radical (unpaired) electrons. The summed E-state index contributed by atoms with van der Waals surface area (Å²) >= 11 is 0. The molecule has 136 valence electrons. The highest BCUT2D eigenvalue weighted by molar-refractivity contribution is 5.80. The van der Waals surface area contributed by atoms with E-state index in [-0.39, 0.29) is 5.92 Å². The fourth-order valence-corrected chi connectivity index (χ4v) is 3.61. The molecule has 25 heavy (non-hydrogen) atoms. The van der Waals surface area contributed by atoms with E-state index in [9.17, 15) is 8.78 Å². The van der Waals surface area contributed by atoms with Gasteiger partial charge in [-0.15, -0.1) is 0 Å². The van der Waals surface area contributed by atoms with Crippen LogP contribution < -0.4 is 5.32 Å². The van der Waals surface area contributed by atoms with E-state index in [2.05, 4.69) is 32.3 Å². The highest BCUT2D eigenvalue weighted by atomic mass is 19.1. The van der Waals surface area contributed by atoms with Crippen molar-refractivity contribution in [3.63, 3.8) is 0 Å². The molecule has 1 aromatic rings. The van der Waals surface area contributed by atoms with E-state index >= 15 is 0 Å². The van der Waals surface area contributed by atoms with Gasteiger partial charge < -0.3 is 10.2 Å². The summed E-state index contributed by atoms with van der Waals surface area (Å²) in [7, 11) is 1.77. The molecular weight excluding hydrogens is 322 g/mol. The predicted molar refractivity (Wildman–Crippen MR) is 96.8 cm³/mol. The Kier molecular flexibility index (Phi) is 5.68. The molecule has 2 aliphatic rings. The number of nitrogens with zero attached hydrogens (tertiary/aromatic N) is 3. The molecule has 0 amide bonds. The molecule has 0 saturated carbocycles. The van der Waals surface area contributed by atoms with Crippen LogP contribution in [-0.4, -0.2) is 61.6 Å². The minimum atomic E-state index is -0.545. The fraction of sp³-hybridized carbons (Fsp3) is 0.526. The van der Waals surface area contributed by atoms with Crippen LogP contribution in [0.1, 0.15) is 24.8 Å². The minimum Gasteiger partial charge on any atom is -0.356 e. The SMILES string of the molecule is CN=C(NCC(C)c1ccc(F)cc1F)N1CCC(N2CC=CC2)C1. The largest absolute Gasteiger partial charge is 0.356 e. The molecule has 1 saturated heterocycles. The first-order valence-corrected chi connectivity index (χ1v) is 8.88. The van der Waals surface area contributed by atoms with Crippen LogP contribution in [0.15, 0.2) is 35.3 Å². The molecule has 6 heteroatoms. The molecule has 3 rings (SSSR count). The summed E-state index contributed by atoms with van der Waals surface area (Å²) in [5, 5.41) is 3.34. The van der Waals surface area contributed by atoms with Crippen LogP contribution in [0.5, 0.6) is 0 Å².